The van der Waals surface area contributed by atoms with Crippen LogP contribution in [0.2, 0.25) is 0 Å². The fourth-order valence-electron chi connectivity index (χ4n) is 4.99. The van der Waals surface area contributed by atoms with Gasteiger partial charge in [0.15, 0.2) is 5.84 Å². The molecule has 0 heterocycles. The van der Waals surface area contributed by atoms with Gasteiger partial charge in [0.1, 0.15) is 0 Å². The van der Waals surface area contributed by atoms with E-state index in [2.05, 4.69) is 111 Å². The molecule has 37 heavy (non-hydrogen) atoms. The van der Waals surface area contributed by atoms with Crippen LogP contribution in [-0.4, -0.2) is 11.5 Å². The van der Waals surface area contributed by atoms with Gasteiger partial charge in [-0.3, -0.25) is 0 Å². The van der Waals surface area contributed by atoms with Crippen molar-refractivity contribution in [3.8, 4) is 22.3 Å². The summed E-state index contributed by atoms with van der Waals surface area (Å²) in [6, 6.07) is 34.4. The van der Waals surface area contributed by atoms with Gasteiger partial charge in [0, 0.05) is 17.0 Å². The molecule has 0 unspecified atom stereocenters. The number of aliphatic imine (C=N–C) groups is 2. The van der Waals surface area contributed by atoms with Crippen LogP contribution in [0.3, 0.4) is 0 Å². The molecular formula is C35H34N2. The van der Waals surface area contributed by atoms with Crippen LogP contribution < -0.4 is 0 Å². The van der Waals surface area contributed by atoms with Crippen LogP contribution in [-0.2, 0) is 0 Å². The molecule has 0 aliphatic heterocycles. The third-order valence-corrected chi connectivity index (χ3v) is 7.25. The van der Waals surface area contributed by atoms with E-state index >= 15 is 0 Å². The summed E-state index contributed by atoms with van der Waals surface area (Å²) < 4.78 is 0. The van der Waals surface area contributed by atoms with Crippen molar-refractivity contribution in [1.82, 2.24) is 0 Å². The lowest BCUT2D eigenvalue weighted by Crippen LogP contribution is -2.12. The molecule has 4 aromatic carbocycles. The van der Waals surface area contributed by atoms with Crippen LogP contribution in [0.25, 0.3) is 22.3 Å². The van der Waals surface area contributed by atoms with Crippen LogP contribution in [0, 0.1) is 6.92 Å². The normalized spacial score (nSPS) is 14.4. The molecule has 1 aliphatic rings. The smallest absolute Gasteiger partial charge is 0.159 e. The Morgan fingerprint density at radius 3 is 2.14 bits per heavy atom. The van der Waals surface area contributed by atoms with Crippen molar-refractivity contribution in [2.45, 2.75) is 46.0 Å². The number of hydrogen-bond acceptors (Lipinski definition) is 1. The minimum atomic E-state index is 0.619. The molecular weight excluding hydrogens is 448 g/mol. The third kappa shape index (κ3) is 5.54. The Morgan fingerprint density at radius 2 is 1.43 bits per heavy atom. The molecule has 2 heteroatoms. The summed E-state index contributed by atoms with van der Waals surface area (Å²) in [7, 11) is 0. The molecule has 0 spiro atoms. The van der Waals surface area contributed by atoms with Gasteiger partial charge in [0.05, 0.1) is 0 Å². The van der Waals surface area contributed by atoms with E-state index in [9.17, 15) is 0 Å². The van der Waals surface area contributed by atoms with Gasteiger partial charge in [-0.05, 0) is 90.6 Å². The zero-order valence-electron chi connectivity index (χ0n) is 22.0. The van der Waals surface area contributed by atoms with Gasteiger partial charge >= 0.3 is 0 Å². The number of rotatable bonds is 6. The monoisotopic (exact) mass is 482 g/mol. The Labute approximate surface area is 221 Å². The minimum Gasteiger partial charge on any atom is -0.234 e. The van der Waals surface area contributed by atoms with Crippen LogP contribution in [0.5, 0.6) is 0 Å². The average Bonchev–Trinajstić information content (AvgIpc) is 2.88. The molecule has 1 saturated carbocycles. The summed E-state index contributed by atoms with van der Waals surface area (Å²) in [5.41, 5.74) is 11.6. The van der Waals surface area contributed by atoms with Gasteiger partial charge in [-0.2, -0.15) is 0 Å². The zero-order chi connectivity index (χ0) is 25.8. The fourth-order valence-corrected chi connectivity index (χ4v) is 4.99. The van der Waals surface area contributed by atoms with Crippen LogP contribution in [0.15, 0.2) is 119 Å². The summed E-state index contributed by atoms with van der Waals surface area (Å²) in [5, 5.41) is 0. The number of amidine groups is 1. The van der Waals surface area contributed by atoms with Crippen molar-refractivity contribution >= 4 is 11.5 Å². The highest BCUT2D eigenvalue weighted by atomic mass is 14.9. The van der Waals surface area contributed by atoms with Crippen molar-refractivity contribution in [3.05, 3.63) is 132 Å². The Morgan fingerprint density at radius 1 is 0.703 bits per heavy atom. The van der Waals surface area contributed by atoms with Gasteiger partial charge in [-0.1, -0.05) is 97.9 Å². The lowest BCUT2D eigenvalue weighted by atomic mass is 9.76. The molecule has 0 N–H and O–H groups in total. The summed E-state index contributed by atoms with van der Waals surface area (Å²) in [6.45, 7) is 10.2. The summed E-state index contributed by atoms with van der Waals surface area (Å²) in [6.07, 6.45) is 3.82. The number of allylic oxidation sites excluding steroid dienone is 1. The highest BCUT2D eigenvalue weighted by molar-refractivity contribution is 6.12. The first kappa shape index (κ1) is 24.6. The Kier molecular flexibility index (Phi) is 7.28. The van der Waals surface area contributed by atoms with Crippen molar-refractivity contribution in [3.63, 3.8) is 0 Å². The molecule has 0 bridgehead atoms. The summed E-state index contributed by atoms with van der Waals surface area (Å²) in [4.78, 5) is 9.81. The van der Waals surface area contributed by atoms with Gasteiger partial charge in [0.2, 0.25) is 0 Å². The lowest BCUT2D eigenvalue weighted by molar-refractivity contribution is 0.420. The fraction of sp³-hybridized carbons (Fsp3) is 0.200. The van der Waals surface area contributed by atoms with Crippen molar-refractivity contribution in [2.75, 3.05) is 0 Å². The van der Waals surface area contributed by atoms with Crippen molar-refractivity contribution in [2.24, 2.45) is 9.98 Å². The molecule has 4 aromatic rings. The zero-order valence-corrected chi connectivity index (χ0v) is 22.0. The Hall–Kier alpha value is -4.04. The van der Waals surface area contributed by atoms with E-state index in [-0.39, 0.29) is 0 Å². The Balaban J connectivity index is 1.55. The Bertz CT molecular complexity index is 1490. The minimum absolute atomic E-state index is 0.619. The molecule has 0 radical (unpaired) electrons. The van der Waals surface area contributed by atoms with Crippen LogP contribution in [0.1, 0.15) is 61.3 Å². The molecule has 0 aromatic heterocycles. The van der Waals surface area contributed by atoms with E-state index in [0.29, 0.717) is 11.8 Å². The molecule has 0 atom stereocenters. The SMILES string of the molecule is C=C(C)N=C(N=C(C)c1ccc(-c2ccccc2C)c(C2CCC2)c1)c1cccc(-c2ccccc2)c1. The summed E-state index contributed by atoms with van der Waals surface area (Å²) in [5.74, 6) is 1.31. The molecule has 184 valence electrons. The third-order valence-electron chi connectivity index (χ3n) is 7.25. The first-order valence-corrected chi connectivity index (χ1v) is 13.2. The number of benzene rings is 4. The first-order chi connectivity index (χ1) is 18.0. The van der Waals surface area contributed by atoms with Gasteiger partial charge in [-0.25, -0.2) is 9.98 Å². The maximum Gasteiger partial charge on any atom is 0.159 e. The van der Waals surface area contributed by atoms with Crippen LogP contribution in [0.4, 0.5) is 0 Å². The van der Waals surface area contributed by atoms with Crippen LogP contribution >= 0.6 is 0 Å². The van der Waals surface area contributed by atoms with E-state index in [1.54, 1.807) is 0 Å². The second-order valence-corrected chi connectivity index (χ2v) is 10.1. The highest BCUT2D eigenvalue weighted by Crippen LogP contribution is 2.42. The van der Waals surface area contributed by atoms with E-state index in [4.69, 9.17) is 9.98 Å². The second-order valence-electron chi connectivity index (χ2n) is 10.1. The van der Waals surface area contributed by atoms with E-state index in [1.807, 2.05) is 13.0 Å². The molecule has 1 fully saturated rings. The molecule has 0 amide bonds. The predicted octanol–water partition coefficient (Wildman–Crippen LogP) is 9.39. The van der Waals surface area contributed by atoms with E-state index < -0.39 is 0 Å². The average molecular weight is 483 g/mol. The van der Waals surface area contributed by atoms with E-state index in [1.165, 1.54) is 47.1 Å². The quantitative estimate of drug-likeness (QED) is 0.193. The van der Waals surface area contributed by atoms with Crippen molar-refractivity contribution in [1.29, 1.82) is 0 Å². The second kappa shape index (κ2) is 10.9. The van der Waals surface area contributed by atoms with Gasteiger partial charge in [-0.15, -0.1) is 0 Å². The molecule has 1 aliphatic carbocycles. The standard InChI is InChI=1S/C35H34N2/c1-24(2)36-35(31-18-11-17-30(22-31)27-13-6-5-7-14-27)37-26(4)29-20-21-33(32-19-9-8-12-25(32)3)34(23-29)28-15-10-16-28/h5-9,11-14,17-23,28H,1,10,15-16H2,2-4H3. The number of nitrogens with zero attached hydrogens (tertiary/aromatic N) is 2. The largest absolute Gasteiger partial charge is 0.234 e. The van der Waals surface area contributed by atoms with Gasteiger partial charge in [0.25, 0.3) is 0 Å². The number of aryl methyl sites for hydroxylation is 1. The lowest BCUT2D eigenvalue weighted by Gasteiger charge is -2.29. The van der Waals surface area contributed by atoms with E-state index in [0.717, 1.165) is 28.1 Å². The first-order valence-electron chi connectivity index (χ1n) is 13.2. The van der Waals surface area contributed by atoms with Crippen molar-refractivity contribution < 1.29 is 0 Å². The van der Waals surface area contributed by atoms with Gasteiger partial charge < -0.3 is 0 Å². The molecule has 5 rings (SSSR count). The highest BCUT2D eigenvalue weighted by Gasteiger charge is 2.24. The summed E-state index contributed by atoms with van der Waals surface area (Å²) >= 11 is 0. The maximum atomic E-state index is 5.06. The topological polar surface area (TPSA) is 24.7 Å². The number of hydrogen-bond donors (Lipinski definition) is 0. The molecule has 0 saturated heterocycles. The maximum absolute atomic E-state index is 5.06. The molecule has 2 nitrogen and oxygen atoms in total. The predicted molar refractivity (Wildman–Crippen MR) is 159 cm³/mol.